The predicted octanol–water partition coefficient (Wildman–Crippen LogP) is 1.35. The Kier molecular flexibility index (Phi) is 6.76. The predicted molar refractivity (Wildman–Crippen MR) is 77.4 cm³/mol. The van der Waals surface area contributed by atoms with E-state index in [4.69, 9.17) is 15.2 Å². The molecular weight excluding hydrogens is 256 g/mol. The standard InChI is InChI=1S/C15H28N2O3/c16-11-13-7-8-14(20-13)15(18)17-9-4-10-19-12-5-2-1-3-6-12/h12-14H,1-11,16H2,(H,17,18)/t13-,14+/m1/s1. The van der Waals surface area contributed by atoms with Gasteiger partial charge in [0.2, 0.25) is 5.91 Å². The first kappa shape index (κ1) is 15.7. The molecule has 3 N–H and O–H groups in total. The third kappa shape index (κ3) is 5.04. The van der Waals surface area contributed by atoms with E-state index in [1.807, 2.05) is 0 Å². The summed E-state index contributed by atoms with van der Waals surface area (Å²) < 4.78 is 11.4. The Hall–Kier alpha value is -0.650. The molecule has 0 bridgehead atoms. The van der Waals surface area contributed by atoms with E-state index in [1.54, 1.807) is 0 Å². The largest absolute Gasteiger partial charge is 0.378 e. The minimum atomic E-state index is -0.303. The smallest absolute Gasteiger partial charge is 0.249 e. The molecule has 1 heterocycles. The van der Waals surface area contributed by atoms with Crippen LogP contribution in [-0.2, 0) is 14.3 Å². The lowest BCUT2D eigenvalue weighted by Gasteiger charge is -2.22. The van der Waals surface area contributed by atoms with Gasteiger partial charge in [-0.3, -0.25) is 4.79 Å². The Balaban J connectivity index is 1.49. The number of nitrogens with two attached hydrogens (primary N) is 1. The average molecular weight is 284 g/mol. The molecule has 0 aromatic carbocycles. The van der Waals surface area contributed by atoms with Crippen LogP contribution in [0.15, 0.2) is 0 Å². The lowest BCUT2D eigenvalue weighted by atomic mass is 9.98. The second-order valence-electron chi connectivity index (χ2n) is 5.84. The van der Waals surface area contributed by atoms with Crippen molar-refractivity contribution < 1.29 is 14.3 Å². The Morgan fingerprint density at radius 3 is 2.70 bits per heavy atom. The van der Waals surface area contributed by atoms with Gasteiger partial charge in [-0.05, 0) is 32.1 Å². The van der Waals surface area contributed by atoms with Gasteiger partial charge in [0.15, 0.2) is 0 Å². The fourth-order valence-corrected chi connectivity index (χ4v) is 2.95. The van der Waals surface area contributed by atoms with Crippen LogP contribution >= 0.6 is 0 Å². The molecule has 0 aromatic rings. The number of carbonyl (C=O) groups is 1. The van der Waals surface area contributed by atoms with Gasteiger partial charge in [0, 0.05) is 19.7 Å². The minimum Gasteiger partial charge on any atom is -0.378 e. The van der Waals surface area contributed by atoms with Crippen LogP contribution in [0.1, 0.15) is 51.4 Å². The van der Waals surface area contributed by atoms with E-state index in [0.29, 0.717) is 19.2 Å². The Bertz CT molecular complexity index is 293. The molecule has 20 heavy (non-hydrogen) atoms. The van der Waals surface area contributed by atoms with Gasteiger partial charge >= 0.3 is 0 Å². The van der Waals surface area contributed by atoms with Crippen LogP contribution in [0.2, 0.25) is 0 Å². The van der Waals surface area contributed by atoms with Crippen molar-refractivity contribution in [2.75, 3.05) is 19.7 Å². The first-order valence-electron chi connectivity index (χ1n) is 8.04. The van der Waals surface area contributed by atoms with Crippen LogP contribution in [0.25, 0.3) is 0 Å². The summed E-state index contributed by atoms with van der Waals surface area (Å²) in [6.45, 7) is 1.90. The molecule has 1 amide bonds. The van der Waals surface area contributed by atoms with Gasteiger partial charge in [0.25, 0.3) is 0 Å². The molecule has 2 rings (SSSR count). The fraction of sp³-hybridized carbons (Fsp3) is 0.933. The highest BCUT2D eigenvalue weighted by Gasteiger charge is 2.29. The first-order chi connectivity index (χ1) is 9.79. The summed E-state index contributed by atoms with van der Waals surface area (Å²) in [6, 6.07) is 0. The van der Waals surface area contributed by atoms with Crippen molar-refractivity contribution in [1.82, 2.24) is 5.32 Å². The van der Waals surface area contributed by atoms with Crippen molar-refractivity contribution in [3.05, 3.63) is 0 Å². The molecule has 5 nitrogen and oxygen atoms in total. The summed E-state index contributed by atoms with van der Waals surface area (Å²) in [6.07, 6.45) is 9.07. The second-order valence-corrected chi connectivity index (χ2v) is 5.84. The van der Waals surface area contributed by atoms with Gasteiger partial charge in [0.05, 0.1) is 12.2 Å². The van der Waals surface area contributed by atoms with Crippen LogP contribution < -0.4 is 11.1 Å². The Morgan fingerprint density at radius 1 is 1.20 bits per heavy atom. The first-order valence-corrected chi connectivity index (χ1v) is 8.04. The number of amides is 1. The van der Waals surface area contributed by atoms with E-state index in [2.05, 4.69) is 5.32 Å². The normalized spacial score (nSPS) is 27.6. The Morgan fingerprint density at radius 2 is 2.00 bits per heavy atom. The number of rotatable bonds is 7. The van der Waals surface area contributed by atoms with Crippen molar-refractivity contribution >= 4 is 5.91 Å². The van der Waals surface area contributed by atoms with Gasteiger partial charge in [-0.25, -0.2) is 0 Å². The van der Waals surface area contributed by atoms with Crippen molar-refractivity contribution in [3.63, 3.8) is 0 Å². The molecule has 0 radical (unpaired) electrons. The van der Waals surface area contributed by atoms with E-state index in [0.717, 1.165) is 25.9 Å². The van der Waals surface area contributed by atoms with Crippen LogP contribution in [0.3, 0.4) is 0 Å². The van der Waals surface area contributed by atoms with Crippen LogP contribution in [0, 0.1) is 0 Å². The molecule has 5 heteroatoms. The third-order valence-electron chi connectivity index (χ3n) is 4.19. The quantitative estimate of drug-likeness (QED) is 0.692. The second kappa shape index (κ2) is 8.60. The zero-order valence-electron chi connectivity index (χ0n) is 12.3. The van der Waals surface area contributed by atoms with Crippen LogP contribution in [-0.4, -0.2) is 43.9 Å². The summed E-state index contributed by atoms with van der Waals surface area (Å²) in [4.78, 5) is 11.9. The summed E-state index contributed by atoms with van der Waals surface area (Å²) in [7, 11) is 0. The lowest BCUT2D eigenvalue weighted by Crippen LogP contribution is -2.36. The molecule has 116 valence electrons. The minimum absolute atomic E-state index is 0.00128. The van der Waals surface area contributed by atoms with Crippen molar-refractivity contribution in [3.8, 4) is 0 Å². The highest BCUT2D eigenvalue weighted by atomic mass is 16.5. The fourth-order valence-electron chi connectivity index (χ4n) is 2.95. The number of nitrogens with one attached hydrogen (secondary N) is 1. The van der Waals surface area contributed by atoms with E-state index in [9.17, 15) is 4.79 Å². The highest BCUT2D eigenvalue weighted by Crippen LogP contribution is 2.20. The molecule has 0 aromatic heterocycles. The molecule has 2 aliphatic rings. The zero-order valence-corrected chi connectivity index (χ0v) is 12.3. The molecule has 0 spiro atoms. The maximum absolute atomic E-state index is 11.9. The average Bonchev–Trinajstić information content (AvgIpc) is 2.97. The number of hydrogen-bond acceptors (Lipinski definition) is 4. The maximum Gasteiger partial charge on any atom is 0.249 e. The summed E-state index contributed by atoms with van der Waals surface area (Å²) in [5.74, 6) is -0.00128. The van der Waals surface area contributed by atoms with Gasteiger partial charge in [-0.15, -0.1) is 0 Å². The molecule has 2 fully saturated rings. The Labute approximate surface area is 121 Å². The van der Waals surface area contributed by atoms with Gasteiger partial charge in [-0.2, -0.15) is 0 Å². The van der Waals surface area contributed by atoms with Crippen molar-refractivity contribution in [1.29, 1.82) is 0 Å². The van der Waals surface area contributed by atoms with Crippen LogP contribution in [0.5, 0.6) is 0 Å². The molecule has 1 aliphatic heterocycles. The topological polar surface area (TPSA) is 73.6 Å². The number of ether oxygens (including phenoxy) is 2. The van der Waals surface area contributed by atoms with Crippen molar-refractivity contribution in [2.24, 2.45) is 5.73 Å². The molecule has 1 aliphatic carbocycles. The molecule has 1 saturated heterocycles. The highest BCUT2D eigenvalue weighted by molar-refractivity contribution is 5.80. The summed E-state index contributed by atoms with van der Waals surface area (Å²) >= 11 is 0. The van der Waals surface area contributed by atoms with Gasteiger partial charge in [-0.1, -0.05) is 19.3 Å². The monoisotopic (exact) mass is 284 g/mol. The van der Waals surface area contributed by atoms with Crippen molar-refractivity contribution in [2.45, 2.75) is 69.7 Å². The number of hydrogen-bond donors (Lipinski definition) is 2. The zero-order chi connectivity index (χ0) is 14.2. The van der Waals surface area contributed by atoms with E-state index < -0.39 is 0 Å². The third-order valence-corrected chi connectivity index (χ3v) is 4.19. The molecular formula is C15H28N2O3. The van der Waals surface area contributed by atoms with E-state index in [1.165, 1.54) is 32.1 Å². The SMILES string of the molecule is NC[C@H]1CC[C@@H](C(=O)NCCCOC2CCCCC2)O1. The lowest BCUT2D eigenvalue weighted by molar-refractivity contribution is -0.131. The van der Waals surface area contributed by atoms with Gasteiger partial charge in [0.1, 0.15) is 6.10 Å². The van der Waals surface area contributed by atoms with E-state index in [-0.39, 0.29) is 18.1 Å². The summed E-state index contributed by atoms with van der Waals surface area (Å²) in [5, 5.41) is 2.92. The molecule has 1 saturated carbocycles. The van der Waals surface area contributed by atoms with E-state index >= 15 is 0 Å². The van der Waals surface area contributed by atoms with Gasteiger partial charge < -0.3 is 20.5 Å². The molecule has 0 unspecified atom stereocenters. The molecule has 2 atom stereocenters. The number of carbonyl (C=O) groups excluding carboxylic acids is 1. The summed E-state index contributed by atoms with van der Waals surface area (Å²) in [5.41, 5.74) is 5.53. The van der Waals surface area contributed by atoms with Crippen LogP contribution in [0.4, 0.5) is 0 Å². The maximum atomic E-state index is 11.9.